The number of benzene rings is 2. The highest BCUT2D eigenvalue weighted by atomic mass is 35.5. The van der Waals surface area contributed by atoms with Gasteiger partial charge in [0.15, 0.2) is 0 Å². The number of hydrogen-bond acceptors (Lipinski definition) is 3. The third-order valence-corrected chi connectivity index (χ3v) is 4.10. The normalized spacial score (nSPS) is 11.8. The number of hydrogen-bond donors (Lipinski definition) is 2. The molecule has 0 saturated carbocycles. The number of methoxy groups -OCH3 is 1. The number of halogens is 1. The number of carbonyl (C=O) groups excluding carboxylic acids is 1. The molecule has 0 unspecified atom stereocenters. The average Bonchev–Trinajstić information content (AvgIpc) is 2.60. The summed E-state index contributed by atoms with van der Waals surface area (Å²) in [5, 5.41) is 6.84. The zero-order valence-corrected chi connectivity index (χ0v) is 14.8. The maximum Gasteiger partial charge on any atom is 0.233 e. The van der Waals surface area contributed by atoms with Crippen molar-refractivity contribution in [1.29, 1.82) is 0 Å². The Kier molecular flexibility index (Phi) is 7.09. The molecule has 2 rings (SSSR count). The van der Waals surface area contributed by atoms with Crippen LogP contribution in [0.25, 0.3) is 0 Å². The van der Waals surface area contributed by atoms with E-state index in [9.17, 15) is 4.79 Å². The minimum Gasteiger partial charge on any atom is -0.496 e. The summed E-state index contributed by atoms with van der Waals surface area (Å²) in [5.74, 6) is 0.826. The van der Waals surface area contributed by atoms with Crippen LogP contribution in [0.3, 0.4) is 0 Å². The monoisotopic (exact) mass is 346 g/mol. The van der Waals surface area contributed by atoms with Gasteiger partial charge in [-0.1, -0.05) is 41.9 Å². The second-order valence-corrected chi connectivity index (χ2v) is 6.00. The smallest absolute Gasteiger partial charge is 0.233 e. The lowest BCUT2D eigenvalue weighted by atomic mass is 10.1. The maximum absolute atomic E-state index is 12.0. The standard InChI is InChI=1S/C19H23ClN2O2/c1-14(15-7-9-17(20)10-8-15)22-13-19(23)21-12-11-16-5-3-4-6-18(16)24-2/h3-10,14,22H,11-13H2,1-2H3,(H,21,23)/t14-/m1/s1. The van der Waals surface area contributed by atoms with Crippen LogP contribution in [-0.4, -0.2) is 26.1 Å². The van der Waals surface area contributed by atoms with E-state index in [1.165, 1.54) is 0 Å². The molecule has 2 aromatic carbocycles. The summed E-state index contributed by atoms with van der Waals surface area (Å²) in [6.07, 6.45) is 0.739. The molecule has 2 N–H and O–H groups in total. The molecule has 5 heteroatoms. The van der Waals surface area contributed by atoms with E-state index in [1.54, 1.807) is 7.11 Å². The van der Waals surface area contributed by atoms with E-state index >= 15 is 0 Å². The molecule has 0 radical (unpaired) electrons. The summed E-state index contributed by atoms with van der Waals surface area (Å²) < 4.78 is 5.30. The number of nitrogens with one attached hydrogen (secondary N) is 2. The first-order valence-corrected chi connectivity index (χ1v) is 8.35. The van der Waals surface area contributed by atoms with E-state index in [-0.39, 0.29) is 18.5 Å². The molecular weight excluding hydrogens is 324 g/mol. The van der Waals surface area contributed by atoms with Gasteiger partial charge in [-0.05, 0) is 42.7 Å². The summed E-state index contributed by atoms with van der Waals surface area (Å²) in [4.78, 5) is 12.0. The molecule has 4 nitrogen and oxygen atoms in total. The number of ether oxygens (including phenoxy) is 1. The van der Waals surface area contributed by atoms with Crippen molar-refractivity contribution in [2.75, 3.05) is 20.2 Å². The van der Waals surface area contributed by atoms with Gasteiger partial charge in [-0.2, -0.15) is 0 Å². The van der Waals surface area contributed by atoms with Crippen molar-refractivity contribution in [2.45, 2.75) is 19.4 Å². The predicted octanol–water partition coefficient (Wildman–Crippen LogP) is 3.36. The van der Waals surface area contributed by atoms with Crippen LogP contribution >= 0.6 is 11.6 Å². The van der Waals surface area contributed by atoms with Gasteiger partial charge in [-0.25, -0.2) is 0 Å². The highest BCUT2D eigenvalue weighted by Gasteiger charge is 2.08. The molecular formula is C19H23ClN2O2. The Balaban J connectivity index is 1.72. The molecule has 0 aromatic heterocycles. The second kappa shape index (κ2) is 9.30. The van der Waals surface area contributed by atoms with E-state index in [4.69, 9.17) is 16.3 Å². The van der Waals surface area contributed by atoms with E-state index in [0.29, 0.717) is 11.6 Å². The summed E-state index contributed by atoms with van der Waals surface area (Å²) in [6, 6.07) is 15.5. The lowest BCUT2D eigenvalue weighted by Crippen LogP contribution is -2.36. The fourth-order valence-corrected chi connectivity index (χ4v) is 2.55. The fourth-order valence-electron chi connectivity index (χ4n) is 2.42. The number of rotatable bonds is 8. The lowest BCUT2D eigenvalue weighted by molar-refractivity contribution is -0.120. The molecule has 0 heterocycles. The van der Waals surface area contributed by atoms with Crippen LogP contribution in [0, 0.1) is 0 Å². The zero-order valence-electron chi connectivity index (χ0n) is 14.0. The molecule has 0 spiro atoms. The van der Waals surface area contributed by atoms with E-state index < -0.39 is 0 Å². The topological polar surface area (TPSA) is 50.4 Å². The van der Waals surface area contributed by atoms with Gasteiger partial charge < -0.3 is 15.4 Å². The first-order chi connectivity index (χ1) is 11.6. The molecule has 128 valence electrons. The molecule has 0 bridgehead atoms. The lowest BCUT2D eigenvalue weighted by Gasteiger charge is -2.14. The third kappa shape index (κ3) is 5.55. The zero-order chi connectivity index (χ0) is 17.4. The highest BCUT2D eigenvalue weighted by molar-refractivity contribution is 6.30. The fraction of sp³-hybridized carbons (Fsp3) is 0.316. The quantitative estimate of drug-likeness (QED) is 0.770. The molecule has 1 atom stereocenters. The van der Waals surface area contributed by atoms with E-state index in [2.05, 4.69) is 10.6 Å². The molecule has 0 fully saturated rings. The summed E-state index contributed by atoms with van der Waals surface area (Å²) in [6.45, 7) is 2.87. The SMILES string of the molecule is COc1ccccc1CCNC(=O)CN[C@H](C)c1ccc(Cl)cc1. The summed E-state index contributed by atoms with van der Waals surface area (Å²) in [5.41, 5.74) is 2.18. The van der Waals surface area contributed by atoms with Crippen LogP contribution in [0.5, 0.6) is 5.75 Å². The van der Waals surface area contributed by atoms with Gasteiger partial charge >= 0.3 is 0 Å². The van der Waals surface area contributed by atoms with Crippen molar-refractivity contribution >= 4 is 17.5 Å². The van der Waals surface area contributed by atoms with Crippen molar-refractivity contribution in [3.63, 3.8) is 0 Å². The summed E-state index contributed by atoms with van der Waals surface area (Å²) in [7, 11) is 1.65. The van der Waals surface area contributed by atoms with Gasteiger partial charge in [0.25, 0.3) is 0 Å². The van der Waals surface area contributed by atoms with Gasteiger partial charge in [0.05, 0.1) is 13.7 Å². The summed E-state index contributed by atoms with van der Waals surface area (Å²) >= 11 is 5.88. The Hall–Kier alpha value is -2.04. The molecule has 0 aliphatic rings. The van der Waals surface area contributed by atoms with Crippen LogP contribution in [0.1, 0.15) is 24.1 Å². The Morgan fingerprint density at radius 3 is 2.58 bits per heavy atom. The maximum atomic E-state index is 12.0. The number of amides is 1. The highest BCUT2D eigenvalue weighted by Crippen LogP contribution is 2.17. The molecule has 0 saturated heterocycles. The van der Waals surface area contributed by atoms with Crippen molar-refractivity contribution in [3.05, 3.63) is 64.7 Å². The van der Waals surface area contributed by atoms with E-state index in [0.717, 1.165) is 23.3 Å². The van der Waals surface area contributed by atoms with Crippen LogP contribution in [-0.2, 0) is 11.2 Å². The largest absolute Gasteiger partial charge is 0.496 e. The first-order valence-electron chi connectivity index (χ1n) is 7.97. The Morgan fingerprint density at radius 1 is 1.17 bits per heavy atom. The van der Waals surface area contributed by atoms with Crippen molar-refractivity contribution in [3.8, 4) is 5.75 Å². The first kappa shape index (κ1) is 18.3. The van der Waals surface area contributed by atoms with Gasteiger partial charge in [-0.15, -0.1) is 0 Å². The van der Waals surface area contributed by atoms with Crippen LogP contribution in [0.2, 0.25) is 5.02 Å². The Labute approximate surface area is 148 Å². The van der Waals surface area contributed by atoms with Crippen LogP contribution < -0.4 is 15.4 Å². The minimum absolute atomic E-state index is 0.0225. The van der Waals surface area contributed by atoms with Crippen molar-refractivity contribution < 1.29 is 9.53 Å². The predicted molar refractivity (Wildman–Crippen MR) is 97.6 cm³/mol. The number of para-hydroxylation sites is 1. The minimum atomic E-state index is -0.0225. The second-order valence-electron chi connectivity index (χ2n) is 5.57. The van der Waals surface area contributed by atoms with E-state index in [1.807, 2.05) is 55.5 Å². The molecule has 2 aromatic rings. The van der Waals surface area contributed by atoms with Gasteiger partial charge in [0.1, 0.15) is 5.75 Å². The van der Waals surface area contributed by atoms with Crippen LogP contribution in [0.15, 0.2) is 48.5 Å². The van der Waals surface area contributed by atoms with Gasteiger partial charge in [0, 0.05) is 17.6 Å². The molecule has 1 amide bonds. The third-order valence-electron chi connectivity index (χ3n) is 3.85. The molecule has 0 aliphatic carbocycles. The van der Waals surface area contributed by atoms with Gasteiger partial charge in [0.2, 0.25) is 5.91 Å². The average molecular weight is 347 g/mol. The Bertz CT molecular complexity index is 659. The number of carbonyl (C=O) groups is 1. The molecule has 24 heavy (non-hydrogen) atoms. The molecule has 0 aliphatic heterocycles. The van der Waals surface area contributed by atoms with Crippen molar-refractivity contribution in [2.24, 2.45) is 0 Å². The van der Waals surface area contributed by atoms with Crippen LogP contribution in [0.4, 0.5) is 0 Å². The van der Waals surface area contributed by atoms with Gasteiger partial charge in [-0.3, -0.25) is 4.79 Å². The Morgan fingerprint density at radius 2 is 1.88 bits per heavy atom. The van der Waals surface area contributed by atoms with Crippen molar-refractivity contribution in [1.82, 2.24) is 10.6 Å².